The minimum absolute atomic E-state index is 0.256. The number of phenolic OH excluding ortho intramolecular Hbond substituents is 1. The average molecular weight is 304 g/mol. The van der Waals surface area contributed by atoms with E-state index in [9.17, 15) is 5.11 Å². The van der Waals surface area contributed by atoms with Gasteiger partial charge in [-0.15, -0.1) is 0 Å². The zero-order chi connectivity index (χ0) is 9.42. The molecule has 1 aliphatic rings. The number of allylic oxidation sites excluding steroid dienone is 2. The van der Waals surface area contributed by atoms with Gasteiger partial charge >= 0.3 is 0 Å². The van der Waals surface area contributed by atoms with Crippen LogP contribution in [0, 0.1) is 0 Å². The fraction of sp³-hybridized carbons (Fsp3) is 0.200. The van der Waals surface area contributed by atoms with Gasteiger partial charge < -0.3 is 5.11 Å². The van der Waals surface area contributed by atoms with Crippen molar-refractivity contribution in [1.82, 2.24) is 0 Å². The van der Waals surface area contributed by atoms with E-state index in [0.29, 0.717) is 5.75 Å². The standard InChI is InChI=1S/C10H8Br2O/c11-7-3-6-4-8(13)1-2-9(6)10(12)5-7/h1-2,4-5,10,13H,3H2. The average Bonchev–Trinajstić information content (AvgIpc) is 2.02. The maximum absolute atomic E-state index is 9.31. The van der Waals surface area contributed by atoms with E-state index in [0.717, 1.165) is 10.9 Å². The molecule has 0 aliphatic heterocycles. The van der Waals surface area contributed by atoms with Gasteiger partial charge in [-0.2, -0.15) is 0 Å². The molecule has 1 atom stereocenters. The topological polar surface area (TPSA) is 20.2 Å². The first-order chi connectivity index (χ1) is 6.16. The number of rotatable bonds is 0. The molecule has 0 bridgehead atoms. The van der Waals surface area contributed by atoms with Crippen molar-refractivity contribution in [2.45, 2.75) is 11.2 Å². The number of hydrogen-bond donors (Lipinski definition) is 1. The summed E-state index contributed by atoms with van der Waals surface area (Å²) >= 11 is 7.04. The van der Waals surface area contributed by atoms with Gasteiger partial charge in [-0.05, 0) is 27.7 Å². The molecule has 1 aromatic carbocycles. The lowest BCUT2D eigenvalue weighted by molar-refractivity contribution is 0.474. The highest BCUT2D eigenvalue weighted by Crippen LogP contribution is 2.37. The predicted octanol–water partition coefficient (Wildman–Crippen LogP) is 3.66. The molecule has 0 amide bonds. The minimum atomic E-state index is 0.256. The Kier molecular flexibility index (Phi) is 2.47. The number of hydrogen-bond acceptors (Lipinski definition) is 1. The van der Waals surface area contributed by atoms with Crippen LogP contribution in [0.1, 0.15) is 16.0 Å². The Hall–Kier alpha value is -0.280. The normalized spacial score (nSPS) is 20.8. The van der Waals surface area contributed by atoms with Gasteiger partial charge in [0.05, 0.1) is 4.83 Å². The summed E-state index contributed by atoms with van der Waals surface area (Å²) in [5, 5.41) is 9.31. The zero-order valence-electron chi connectivity index (χ0n) is 6.80. The van der Waals surface area contributed by atoms with E-state index in [4.69, 9.17) is 0 Å². The van der Waals surface area contributed by atoms with Crippen LogP contribution in [0.25, 0.3) is 0 Å². The first-order valence-corrected chi connectivity index (χ1v) is 5.70. The van der Waals surface area contributed by atoms with E-state index >= 15 is 0 Å². The van der Waals surface area contributed by atoms with Crippen LogP contribution in [0.15, 0.2) is 28.8 Å². The van der Waals surface area contributed by atoms with E-state index in [-0.39, 0.29) is 4.83 Å². The van der Waals surface area contributed by atoms with Crippen molar-refractivity contribution < 1.29 is 5.11 Å². The molecule has 1 unspecified atom stereocenters. The highest BCUT2D eigenvalue weighted by Gasteiger charge is 2.16. The Bertz CT molecular complexity index is 371. The molecular weight excluding hydrogens is 296 g/mol. The molecule has 1 nitrogen and oxygen atoms in total. The van der Waals surface area contributed by atoms with E-state index in [1.54, 1.807) is 6.07 Å². The smallest absolute Gasteiger partial charge is 0.115 e. The molecule has 1 N–H and O–H groups in total. The number of fused-ring (bicyclic) bond motifs is 1. The van der Waals surface area contributed by atoms with Gasteiger partial charge in [-0.25, -0.2) is 0 Å². The lowest BCUT2D eigenvalue weighted by Crippen LogP contribution is -2.01. The van der Waals surface area contributed by atoms with Gasteiger partial charge in [-0.3, -0.25) is 0 Å². The molecule has 0 radical (unpaired) electrons. The molecule has 0 aromatic heterocycles. The summed E-state index contributed by atoms with van der Waals surface area (Å²) in [7, 11) is 0. The lowest BCUT2D eigenvalue weighted by Gasteiger charge is -2.18. The molecule has 0 saturated heterocycles. The summed E-state index contributed by atoms with van der Waals surface area (Å²) in [6.45, 7) is 0. The van der Waals surface area contributed by atoms with Crippen LogP contribution in [-0.2, 0) is 6.42 Å². The third-order valence-corrected chi connectivity index (χ3v) is 3.41. The molecule has 2 rings (SSSR count). The molecular formula is C10H8Br2O. The highest BCUT2D eigenvalue weighted by atomic mass is 79.9. The number of alkyl halides is 1. The van der Waals surface area contributed by atoms with E-state index < -0.39 is 0 Å². The number of phenols is 1. The quantitative estimate of drug-likeness (QED) is 0.725. The Morgan fingerprint density at radius 2 is 2.15 bits per heavy atom. The highest BCUT2D eigenvalue weighted by molar-refractivity contribution is 9.12. The monoisotopic (exact) mass is 302 g/mol. The molecule has 0 heterocycles. The summed E-state index contributed by atoms with van der Waals surface area (Å²) in [6, 6.07) is 5.50. The molecule has 68 valence electrons. The maximum Gasteiger partial charge on any atom is 0.115 e. The summed E-state index contributed by atoms with van der Waals surface area (Å²) in [4.78, 5) is 0.256. The molecule has 0 spiro atoms. The van der Waals surface area contributed by atoms with Gasteiger partial charge in [0, 0.05) is 6.42 Å². The first-order valence-electron chi connectivity index (χ1n) is 3.99. The van der Waals surface area contributed by atoms with Crippen molar-refractivity contribution in [3.63, 3.8) is 0 Å². The van der Waals surface area contributed by atoms with Crippen LogP contribution in [0.5, 0.6) is 5.75 Å². The summed E-state index contributed by atoms with van der Waals surface area (Å²) in [6.07, 6.45) is 2.99. The van der Waals surface area contributed by atoms with Gasteiger partial charge in [0.2, 0.25) is 0 Å². The molecule has 0 fully saturated rings. The van der Waals surface area contributed by atoms with Crippen molar-refractivity contribution in [2.24, 2.45) is 0 Å². The molecule has 1 aromatic rings. The van der Waals surface area contributed by atoms with E-state index in [1.807, 2.05) is 12.1 Å². The zero-order valence-corrected chi connectivity index (χ0v) is 9.97. The van der Waals surface area contributed by atoms with Gasteiger partial charge in [0.25, 0.3) is 0 Å². The summed E-state index contributed by atoms with van der Waals surface area (Å²) in [5.74, 6) is 0.334. The molecule has 3 heteroatoms. The van der Waals surface area contributed by atoms with Crippen molar-refractivity contribution in [2.75, 3.05) is 0 Å². The van der Waals surface area contributed by atoms with Crippen LogP contribution >= 0.6 is 31.9 Å². The number of aromatic hydroxyl groups is 1. The van der Waals surface area contributed by atoms with Crippen molar-refractivity contribution in [3.05, 3.63) is 39.9 Å². The van der Waals surface area contributed by atoms with Crippen molar-refractivity contribution >= 4 is 31.9 Å². The van der Waals surface area contributed by atoms with Crippen molar-refractivity contribution in [3.8, 4) is 5.75 Å². The van der Waals surface area contributed by atoms with Crippen LogP contribution in [0.3, 0.4) is 0 Å². The van der Waals surface area contributed by atoms with Crippen LogP contribution in [0.4, 0.5) is 0 Å². The summed E-state index contributed by atoms with van der Waals surface area (Å²) in [5.41, 5.74) is 2.41. The van der Waals surface area contributed by atoms with Gasteiger partial charge in [0.1, 0.15) is 5.75 Å². The van der Waals surface area contributed by atoms with Crippen LogP contribution in [-0.4, -0.2) is 5.11 Å². The first kappa shape index (κ1) is 9.28. The van der Waals surface area contributed by atoms with E-state index in [1.165, 1.54) is 11.1 Å². The third kappa shape index (κ3) is 1.81. The second-order valence-electron chi connectivity index (χ2n) is 3.08. The van der Waals surface area contributed by atoms with Crippen molar-refractivity contribution in [1.29, 1.82) is 0 Å². The Balaban J connectivity index is 2.50. The molecule has 13 heavy (non-hydrogen) atoms. The SMILES string of the molecule is Oc1ccc2c(c1)CC(Br)=CC2Br. The predicted molar refractivity (Wildman–Crippen MR) is 60.5 cm³/mol. The number of benzene rings is 1. The molecule has 1 aliphatic carbocycles. The lowest BCUT2D eigenvalue weighted by atomic mass is 9.97. The van der Waals surface area contributed by atoms with E-state index in [2.05, 4.69) is 37.9 Å². The second-order valence-corrected chi connectivity index (χ2v) is 5.08. The second kappa shape index (κ2) is 3.46. The Morgan fingerprint density at radius 1 is 1.38 bits per heavy atom. The Labute approximate surface area is 93.7 Å². The minimum Gasteiger partial charge on any atom is -0.508 e. The largest absolute Gasteiger partial charge is 0.508 e. The third-order valence-electron chi connectivity index (χ3n) is 2.11. The summed E-state index contributed by atoms with van der Waals surface area (Å²) < 4.78 is 1.16. The number of halogens is 2. The van der Waals surface area contributed by atoms with Crippen LogP contribution in [0.2, 0.25) is 0 Å². The molecule has 0 saturated carbocycles. The Morgan fingerprint density at radius 3 is 2.92 bits per heavy atom. The van der Waals surface area contributed by atoms with Crippen LogP contribution < -0.4 is 0 Å². The fourth-order valence-corrected chi connectivity index (χ4v) is 3.19. The van der Waals surface area contributed by atoms with Gasteiger partial charge in [0.15, 0.2) is 0 Å². The van der Waals surface area contributed by atoms with Gasteiger partial charge in [-0.1, -0.05) is 44.0 Å². The maximum atomic E-state index is 9.31. The fourth-order valence-electron chi connectivity index (χ4n) is 1.50.